The summed E-state index contributed by atoms with van der Waals surface area (Å²) in [5, 5.41) is 12.8. The van der Waals surface area contributed by atoms with E-state index in [4.69, 9.17) is 0 Å². The van der Waals surface area contributed by atoms with Gasteiger partial charge in [-0.2, -0.15) is 5.26 Å². The van der Waals surface area contributed by atoms with Crippen LogP contribution in [0.25, 0.3) is 0 Å². The molecule has 2 aliphatic rings. The minimum Gasteiger partial charge on any atom is -0.352 e. The lowest BCUT2D eigenvalue weighted by Crippen LogP contribution is -2.57. The van der Waals surface area contributed by atoms with Crippen LogP contribution in [0.5, 0.6) is 0 Å². The highest BCUT2D eigenvalue weighted by Gasteiger charge is 2.42. The maximum Gasteiger partial charge on any atom is 0.240 e. The Bertz CT molecular complexity index is 834. The van der Waals surface area contributed by atoms with Crippen molar-refractivity contribution < 1.29 is 14.0 Å². The molecule has 1 N–H and O–H groups in total. The molecular formula is C25H35FN4O2. The van der Waals surface area contributed by atoms with Crippen LogP contribution < -0.4 is 5.32 Å². The van der Waals surface area contributed by atoms with E-state index in [0.29, 0.717) is 38.4 Å². The molecule has 7 heteroatoms. The van der Waals surface area contributed by atoms with E-state index < -0.39 is 5.54 Å². The standard InChI is InChI=1S/C25H35FN4O2/c1-18-8-12-25(17-27,13-9-18)29(3)24(32)19(2)30-14-10-21(11-15-30)23(31)28-16-20-4-6-22(26)7-5-20/h4-7,18-19,21H,8-16H2,1-3H3,(H,28,31). The first-order chi connectivity index (χ1) is 15.3. The molecule has 1 saturated carbocycles. The molecule has 0 spiro atoms. The van der Waals surface area contributed by atoms with Gasteiger partial charge in [0.1, 0.15) is 11.4 Å². The summed E-state index contributed by atoms with van der Waals surface area (Å²) in [7, 11) is 1.77. The van der Waals surface area contributed by atoms with Gasteiger partial charge in [-0.3, -0.25) is 14.5 Å². The van der Waals surface area contributed by atoms with Crippen molar-refractivity contribution in [3.8, 4) is 6.07 Å². The first kappa shape index (κ1) is 24.2. The van der Waals surface area contributed by atoms with E-state index in [1.165, 1.54) is 12.1 Å². The predicted octanol–water partition coefficient (Wildman–Crippen LogP) is 3.47. The molecule has 2 amide bonds. The summed E-state index contributed by atoms with van der Waals surface area (Å²) in [6.07, 6.45) is 4.79. The minimum absolute atomic E-state index is 0.00447. The van der Waals surface area contributed by atoms with Crippen LogP contribution in [0.3, 0.4) is 0 Å². The number of hydrogen-bond donors (Lipinski definition) is 1. The molecule has 32 heavy (non-hydrogen) atoms. The molecule has 0 aromatic heterocycles. The topological polar surface area (TPSA) is 76.4 Å². The molecule has 1 aromatic rings. The number of rotatable bonds is 6. The Morgan fingerprint density at radius 1 is 1.22 bits per heavy atom. The summed E-state index contributed by atoms with van der Waals surface area (Å²) in [5.74, 6) is 0.216. The van der Waals surface area contributed by atoms with Gasteiger partial charge in [-0.25, -0.2) is 4.39 Å². The van der Waals surface area contributed by atoms with Crippen LogP contribution in [0.4, 0.5) is 4.39 Å². The van der Waals surface area contributed by atoms with Crippen LogP contribution in [-0.2, 0) is 16.1 Å². The van der Waals surface area contributed by atoms with E-state index >= 15 is 0 Å². The van der Waals surface area contributed by atoms with Crippen molar-refractivity contribution in [3.63, 3.8) is 0 Å². The normalized spacial score (nSPS) is 25.5. The summed E-state index contributed by atoms with van der Waals surface area (Å²) in [4.78, 5) is 29.6. The number of hydrogen-bond acceptors (Lipinski definition) is 4. The molecule has 1 aromatic carbocycles. The van der Waals surface area contributed by atoms with Crippen molar-refractivity contribution in [2.45, 2.75) is 70.5 Å². The number of carbonyl (C=O) groups is 2. The number of halogens is 1. The first-order valence-corrected chi connectivity index (χ1v) is 11.7. The molecule has 2 fully saturated rings. The molecule has 1 aliphatic heterocycles. The van der Waals surface area contributed by atoms with Crippen LogP contribution in [0.15, 0.2) is 24.3 Å². The Labute approximate surface area is 190 Å². The Balaban J connectivity index is 1.49. The highest BCUT2D eigenvalue weighted by atomic mass is 19.1. The van der Waals surface area contributed by atoms with Gasteiger partial charge in [0, 0.05) is 19.5 Å². The van der Waals surface area contributed by atoms with Crippen molar-refractivity contribution in [1.29, 1.82) is 5.26 Å². The van der Waals surface area contributed by atoms with Crippen LogP contribution in [-0.4, -0.2) is 53.3 Å². The van der Waals surface area contributed by atoms with Gasteiger partial charge in [0.05, 0.1) is 12.1 Å². The second-order valence-electron chi connectivity index (χ2n) is 9.55. The number of piperidine rings is 1. The summed E-state index contributed by atoms with van der Waals surface area (Å²) in [5.41, 5.74) is 0.166. The van der Waals surface area contributed by atoms with Crippen molar-refractivity contribution in [3.05, 3.63) is 35.6 Å². The average molecular weight is 443 g/mol. The molecule has 6 nitrogen and oxygen atoms in total. The number of carbonyl (C=O) groups excluding carboxylic acids is 2. The number of benzene rings is 1. The predicted molar refractivity (Wildman–Crippen MR) is 121 cm³/mol. The SMILES string of the molecule is CC1CCC(C#N)(N(C)C(=O)C(C)N2CCC(C(=O)NCc3ccc(F)cc3)CC2)CC1. The van der Waals surface area contributed by atoms with E-state index in [1.54, 1.807) is 24.1 Å². The third kappa shape index (κ3) is 5.47. The van der Waals surface area contributed by atoms with Crippen molar-refractivity contribution in [2.24, 2.45) is 11.8 Å². The van der Waals surface area contributed by atoms with E-state index in [-0.39, 0.29) is 29.6 Å². The van der Waals surface area contributed by atoms with Crippen molar-refractivity contribution in [1.82, 2.24) is 15.1 Å². The summed E-state index contributed by atoms with van der Waals surface area (Å²) in [6, 6.07) is 8.25. The maximum absolute atomic E-state index is 13.2. The fraction of sp³-hybridized carbons (Fsp3) is 0.640. The fourth-order valence-corrected chi connectivity index (χ4v) is 4.89. The number of likely N-dealkylation sites (tertiary alicyclic amines) is 1. The van der Waals surface area contributed by atoms with Crippen LogP contribution in [0.2, 0.25) is 0 Å². The zero-order valence-corrected chi connectivity index (χ0v) is 19.4. The molecule has 1 heterocycles. The van der Waals surface area contributed by atoms with E-state index in [2.05, 4.69) is 23.2 Å². The van der Waals surface area contributed by atoms with Crippen LogP contribution >= 0.6 is 0 Å². The molecule has 1 unspecified atom stereocenters. The second kappa shape index (κ2) is 10.4. The Morgan fingerprint density at radius 2 is 1.81 bits per heavy atom. The molecule has 0 radical (unpaired) electrons. The molecule has 1 saturated heterocycles. The smallest absolute Gasteiger partial charge is 0.240 e. The average Bonchev–Trinajstić information content (AvgIpc) is 2.83. The highest BCUT2D eigenvalue weighted by molar-refractivity contribution is 5.82. The second-order valence-corrected chi connectivity index (χ2v) is 9.55. The van der Waals surface area contributed by atoms with Gasteiger partial charge in [-0.05, 0) is 82.2 Å². The van der Waals surface area contributed by atoms with E-state index in [9.17, 15) is 19.2 Å². The van der Waals surface area contributed by atoms with E-state index in [0.717, 1.165) is 31.2 Å². The lowest BCUT2D eigenvalue weighted by Gasteiger charge is -2.43. The largest absolute Gasteiger partial charge is 0.352 e. The Kier molecular flexibility index (Phi) is 7.89. The number of nitrogens with zero attached hydrogens (tertiary/aromatic N) is 3. The molecule has 3 rings (SSSR count). The molecule has 1 aliphatic carbocycles. The van der Waals surface area contributed by atoms with Gasteiger partial charge in [-0.15, -0.1) is 0 Å². The van der Waals surface area contributed by atoms with Crippen molar-refractivity contribution >= 4 is 11.8 Å². The van der Waals surface area contributed by atoms with Crippen LogP contribution in [0.1, 0.15) is 57.9 Å². The Morgan fingerprint density at radius 3 is 2.38 bits per heavy atom. The monoisotopic (exact) mass is 442 g/mol. The number of nitrogens with one attached hydrogen (secondary N) is 1. The van der Waals surface area contributed by atoms with Gasteiger partial charge in [0.2, 0.25) is 11.8 Å². The summed E-state index contributed by atoms with van der Waals surface area (Å²) in [6.45, 7) is 5.84. The first-order valence-electron chi connectivity index (χ1n) is 11.7. The summed E-state index contributed by atoms with van der Waals surface area (Å²) >= 11 is 0. The Hall–Kier alpha value is -2.46. The fourth-order valence-electron chi connectivity index (χ4n) is 4.89. The third-order valence-corrected chi connectivity index (χ3v) is 7.47. The lowest BCUT2D eigenvalue weighted by molar-refractivity contribution is -0.141. The highest BCUT2D eigenvalue weighted by Crippen LogP contribution is 2.36. The maximum atomic E-state index is 13.2. The minimum atomic E-state index is -0.698. The van der Waals surface area contributed by atoms with Crippen LogP contribution in [0, 0.1) is 29.0 Å². The zero-order chi connectivity index (χ0) is 23.3. The number of amides is 2. The van der Waals surface area contributed by atoms with E-state index in [1.807, 2.05) is 6.92 Å². The van der Waals surface area contributed by atoms with Gasteiger partial charge < -0.3 is 10.2 Å². The number of likely N-dealkylation sites (N-methyl/N-ethyl adjacent to an activating group) is 1. The van der Waals surface area contributed by atoms with Crippen molar-refractivity contribution in [2.75, 3.05) is 20.1 Å². The third-order valence-electron chi connectivity index (χ3n) is 7.47. The van der Waals surface area contributed by atoms with Gasteiger partial charge in [-0.1, -0.05) is 19.1 Å². The number of nitriles is 1. The molecular weight excluding hydrogens is 407 g/mol. The lowest BCUT2D eigenvalue weighted by atomic mass is 9.77. The van der Waals surface area contributed by atoms with Gasteiger partial charge >= 0.3 is 0 Å². The van der Waals surface area contributed by atoms with Gasteiger partial charge in [0.25, 0.3) is 0 Å². The zero-order valence-electron chi connectivity index (χ0n) is 19.4. The molecule has 1 atom stereocenters. The quantitative estimate of drug-likeness (QED) is 0.732. The van der Waals surface area contributed by atoms with Gasteiger partial charge in [0.15, 0.2) is 0 Å². The summed E-state index contributed by atoms with van der Waals surface area (Å²) < 4.78 is 13.0. The molecule has 0 bridgehead atoms. The molecule has 174 valence electrons.